The number of para-hydroxylation sites is 2. The zero-order valence-electron chi connectivity index (χ0n) is 35.2. The molecule has 60 heavy (non-hydrogen) atoms. The lowest BCUT2D eigenvalue weighted by Gasteiger charge is -2.19. The van der Waals surface area contributed by atoms with Gasteiger partial charge in [0.2, 0.25) is 11.5 Å². The lowest BCUT2D eigenvalue weighted by atomic mass is 9.90. The fourth-order valence-corrected chi connectivity index (χ4v) is 7.85. The number of aryl methyl sites for hydroxylation is 5. The minimum atomic E-state index is -0.671. The fourth-order valence-electron chi connectivity index (χ4n) is 7.85. The van der Waals surface area contributed by atoms with Crippen LogP contribution < -0.4 is 21.0 Å². The Hall–Kier alpha value is -6.90. The van der Waals surface area contributed by atoms with Crippen molar-refractivity contribution < 1.29 is 23.5 Å². The molecule has 3 aromatic carbocycles. The first-order valence-electron chi connectivity index (χ1n) is 19.9. The van der Waals surface area contributed by atoms with E-state index < -0.39 is 29.5 Å². The highest BCUT2D eigenvalue weighted by Gasteiger charge is 2.38. The number of hydrogen-bond donors (Lipinski definition) is 1. The van der Waals surface area contributed by atoms with E-state index in [1.807, 2.05) is 82.0 Å². The molecule has 7 rings (SSSR count). The van der Waals surface area contributed by atoms with Crippen LogP contribution in [0, 0.1) is 19.7 Å². The molecule has 4 heterocycles. The summed E-state index contributed by atoms with van der Waals surface area (Å²) in [7, 11) is 3.67. The Morgan fingerprint density at radius 2 is 1.42 bits per heavy atom. The third-order valence-electron chi connectivity index (χ3n) is 11.1. The topological polar surface area (TPSA) is 160 Å². The van der Waals surface area contributed by atoms with Gasteiger partial charge >= 0.3 is 0 Å². The molecule has 0 spiro atoms. The van der Waals surface area contributed by atoms with Crippen molar-refractivity contribution in [1.82, 2.24) is 28.7 Å². The van der Waals surface area contributed by atoms with Gasteiger partial charge in [0.25, 0.3) is 11.8 Å². The minimum absolute atomic E-state index is 0.118. The van der Waals surface area contributed by atoms with E-state index in [0.717, 1.165) is 27.9 Å². The standard InChI is InChI=1S/C45H49FN10O4/c1-9-55-37(20-28(5)50-55)43(58)48-42-32(40-36(52(42)7)22-31(41(47)57)23-39(40)60-25-30-15-11-12-16-33(30)46)19-26(3)27(4)24-54-35-18-14-13-17-34(35)53(8)45(54)49-44(59)38-21-29(6)51-56(38)10-2/h11-18,20-23,32H,9-10,19,24-25H2,1-8H3,(H2,47,57)/b27-26+,48-42?,49-45?. The second-order valence-electron chi connectivity index (χ2n) is 15.1. The Balaban J connectivity index is 1.34. The number of hydrogen-bond acceptors (Lipinski definition) is 6. The first-order chi connectivity index (χ1) is 28.7. The Bertz CT molecular complexity index is 2820. The largest absolute Gasteiger partial charge is 0.488 e. The van der Waals surface area contributed by atoms with Crippen LogP contribution in [0.15, 0.2) is 93.9 Å². The number of carbonyl (C=O) groups is 3. The Morgan fingerprint density at radius 3 is 2.03 bits per heavy atom. The number of aromatic nitrogens is 6. The maximum Gasteiger partial charge on any atom is 0.298 e. The molecule has 2 N–H and O–H groups in total. The Morgan fingerprint density at radius 1 is 0.817 bits per heavy atom. The average molecular weight is 813 g/mol. The van der Waals surface area contributed by atoms with Gasteiger partial charge in [-0.3, -0.25) is 23.7 Å². The van der Waals surface area contributed by atoms with Gasteiger partial charge in [-0.2, -0.15) is 20.2 Å². The molecule has 6 aromatic rings. The number of halogens is 1. The molecule has 0 aliphatic carbocycles. The molecule has 15 heteroatoms. The van der Waals surface area contributed by atoms with Crippen LogP contribution in [0.2, 0.25) is 0 Å². The van der Waals surface area contributed by atoms with Crippen molar-refractivity contribution in [3.63, 3.8) is 0 Å². The number of nitrogens with two attached hydrogens (primary N) is 1. The first kappa shape index (κ1) is 41.3. The fraction of sp³-hybridized carbons (Fsp3) is 0.311. The van der Waals surface area contributed by atoms with E-state index in [-0.39, 0.29) is 12.2 Å². The maximum absolute atomic E-state index is 14.8. The summed E-state index contributed by atoms with van der Waals surface area (Å²) in [6.45, 7) is 12.8. The maximum atomic E-state index is 14.8. The van der Waals surface area contributed by atoms with Gasteiger partial charge in [-0.15, -0.1) is 0 Å². The van der Waals surface area contributed by atoms with Crippen molar-refractivity contribution >= 4 is 40.3 Å². The number of amidine groups is 1. The molecule has 0 fully saturated rings. The second-order valence-corrected chi connectivity index (χ2v) is 15.1. The molecule has 1 aliphatic rings. The van der Waals surface area contributed by atoms with Gasteiger partial charge in [0, 0.05) is 50.4 Å². The summed E-state index contributed by atoms with van der Waals surface area (Å²) < 4.78 is 28.4. The molecular weight excluding hydrogens is 764 g/mol. The van der Waals surface area contributed by atoms with Crippen LogP contribution in [0.1, 0.15) is 93.9 Å². The number of imidazole rings is 1. The smallest absolute Gasteiger partial charge is 0.298 e. The molecule has 14 nitrogen and oxygen atoms in total. The highest BCUT2D eigenvalue weighted by Crippen LogP contribution is 2.47. The van der Waals surface area contributed by atoms with Gasteiger partial charge < -0.3 is 24.5 Å². The third kappa shape index (κ3) is 7.82. The molecule has 3 aromatic heterocycles. The van der Waals surface area contributed by atoms with Gasteiger partial charge in [-0.25, -0.2) is 4.39 Å². The van der Waals surface area contributed by atoms with Crippen LogP contribution >= 0.6 is 0 Å². The van der Waals surface area contributed by atoms with Gasteiger partial charge in [-0.05, 0) is 90.4 Å². The SMILES string of the molecule is CCn1nc(C)cc1C(=O)N=C1C(C/C(C)=C(\C)Cn2c(=NC(=O)c3cc(C)nn3CC)n(C)c3ccccc32)c2c(OCc3ccccc3F)cc(C(N)=O)cc2N1C. The van der Waals surface area contributed by atoms with Crippen LogP contribution in [-0.4, -0.2) is 59.3 Å². The average Bonchev–Trinajstić information content (AvgIpc) is 3.95. The number of likely N-dealkylation sites (N-methyl/N-ethyl adjacent to an activating group) is 1. The third-order valence-corrected chi connectivity index (χ3v) is 11.1. The van der Waals surface area contributed by atoms with Gasteiger partial charge in [0.1, 0.15) is 35.4 Å². The molecule has 0 radical (unpaired) electrons. The molecule has 1 aliphatic heterocycles. The summed E-state index contributed by atoms with van der Waals surface area (Å²) >= 11 is 0. The predicted molar refractivity (Wildman–Crippen MR) is 228 cm³/mol. The van der Waals surface area contributed by atoms with Crippen molar-refractivity contribution in [2.75, 3.05) is 11.9 Å². The van der Waals surface area contributed by atoms with Gasteiger partial charge in [-0.1, -0.05) is 41.5 Å². The summed E-state index contributed by atoms with van der Waals surface area (Å²) in [6, 6.07) is 20.9. The van der Waals surface area contributed by atoms with Crippen LogP contribution in [0.5, 0.6) is 5.75 Å². The van der Waals surface area contributed by atoms with E-state index in [1.54, 1.807) is 63.8 Å². The predicted octanol–water partition coefficient (Wildman–Crippen LogP) is 6.79. The molecule has 310 valence electrons. The quantitative estimate of drug-likeness (QED) is 0.133. The highest BCUT2D eigenvalue weighted by atomic mass is 19.1. The lowest BCUT2D eigenvalue weighted by Crippen LogP contribution is -2.28. The van der Waals surface area contributed by atoms with E-state index >= 15 is 0 Å². The summed E-state index contributed by atoms with van der Waals surface area (Å²) in [5, 5.41) is 8.91. The molecular formula is C45H49FN10O4. The minimum Gasteiger partial charge on any atom is -0.488 e. The van der Waals surface area contributed by atoms with Crippen molar-refractivity contribution in [1.29, 1.82) is 0 Å². The van der Waals surface area contributed by atoms with E-state index in [4.69, 9.17) is 15.5 Å². The van der Waals surface area contributed by atoms with E-state index in [0.29, 0.717) is 77.2 Å². The summed E-state index contributed by atoms with van der Waals surface area (Å²) in [5.41, 5.74) is 14.0. The van der Waals surface area contributed by atoms with E-state index in [9.17, 15) is 18.8 Å². The van der Waals surface area contributed by atoms with Crippen LogP contribution in [0.25, 0.3) is 11.0 Å². The number of rotatable bonds is 12. The lowest BCUT2D eigenvalue weighted by molar-refractivity contribution is 0.0979. The zero-order chi connectivity index (χ0) is 43.0. The van der Waals surface area contributed by atoms with Crippen LogP contribution in [0.4, 0.5) is 10.1 Å². The number of primary amides is 1. The zero-order valence-corrected chi connectivity index (χ0v) is 35.2. The number of carbonyl (C=O) groups excluding carboxylic acids is 3. The highest BCUT2D eigenvalue weighted by molar-refractivity contribution is 6.15. The molecule has 0 saturated heterocycles. The molecule has 1 unspecified atom stereocenters. The molecule has 0 bridgehead atoms. The number of ether oxygens (including phenoxy) is 1. The number of benzene rings is 3. The number of allylic oxidation sites excluding steroid dienone is 2. The number of fused-ring (bicyclic) bond motifs is 2. The van der Waals surface area contributed by atoms with Gasteiger partial charge in [0.05, 0.1) is 34.0 Å². The summed E-state index contributed by atoms with van der Waals surface area (Å²) in [6.07, 6.45) is 0.388. The number of anilines is 1. The number of amides is 3. The second kappa shape index (κ2) is 16.8. The van der Waals surface area contributed by atoms with E-state index in [1.165, 1.54) is 6.07 Å². The Kier molecular flexibility index (Phi) is 11.5. The molecule has 1 atom stereocenters. The van der Waals surface area contributed by atoms with Crippen molar-refractivity contribution in [2.24, 2.45) is 22.8 Å². The summed E-state index contributed by atoms with van der Waals surface area (Å²) in [4.78, 5) is 51.6. The monoisotopic (exact) mass is 812 g/mol. The summed E-state index contributed by atoms with van der Waals surface area (Å²) in [5.74, 6) is -1.75. The molecule has 0 saturated carbocycles. The van der Waals surface area contributed by atoms with Crippen molar-refractivity contribution in [3.05, 3.63) is 135 Å². The van der Waals surface area contributed by atoms with E-state index in [2.05, 4.69) is 15.2 Å². The van der Waals surface area contributed by atoms with Crippen molar-refractivity contribution in [3.8, 4) is 5.75 Å². The number of nitrogens with zero attached hydrogens (tertiary/aromatic N) is 9. The Labute approximate surface area is 347 Å². The normalized spacial score (nSPS) is 15.2. The van der Waals surface area contributed by atoms with Crippen LogP contribution in [-0.2, 0) is 33.3 Å². The number of aliphatic imine (C=N–C) groups is 1. The molecule has 3 amide bonds. The van der Waals surface area contributed by atoms with Gasteiger partial charge in [0.15, 0.2) is 0 Å². The first-order valence-corrected chi connectivity index (χ1v) is 19.9. The van der Waals surface area contributed by atoms with Crippen LogP contribution in [0.3, 0.4) is 0 Å². The van der Waals surface area contributed by atoms with Crippen molar-refractivity contribution in [2.45, 2.75) is 80.1 Å².